The van der Waals surface area contributed by atoms with E-state index in [1.807, 2.05) is 38.5 Å². The molecular weight excluding hydrogens is 306 g/mol. The first kappa shape index (κ1) is 16.7. The largest absolute Gasteiger partial charge is 0.351 e. The van der Waals surface area contributed by atoms with Crippen LogP contribution >= 0.6 is 0 Å². The lowest BCUT2D eigenvalue weighted by Crippen LogP contribution is -2.54. The molecule has 0 aromatic carbocycles. The third kappa shape index (κ3) is 2.36. The van der Waals surface area contributed by atoms with Gasteiger partial charge in [-0.05, 0) is 38.7 Å². The molecule has 0 bridgehead atoms. The highest BCUT2D eigenvalue weighted by Gasteiger charge is 2.55. The summed E-state index contributed by atoms with van der Waals surface area (Å²) in [6.45, 7) is 5.61. The zero-order valence-electron chi connectivity index (χ0n) is 14.8. The number of aryl methyl sites for hydroxylation is 1. The number of aromatic nitrogens is 1. The van der Waals surface area contributed by atoms with Gasteiger partial charge < -0.3 is 9.88 Å². The van der Waals surface area contributed by atoms with Crippen LogP contribution in [0.3, 0.4) is 0 Å². The summed E-state index contributed by atoms with van der Waals surface area (Å²) in [6.07, 6.45) is 3.58. The Labute approximate surface area is 142 Å². The van der Waals surface area contributed by atoms with Gasteiger partial charge in [-0.25, -0.2) is 4.79 Å². The Balaban J connectivity index is 1.82. The highest BCUT2D eigenvalue weighted by molar-refractivity contribution is 6.11. The predicted molar refractivity (Wildman–Crippen MR) is 89.8 cm³/mol. The lowest BCUT2D eigenvalue weighted by Gasteiger charge is -2.36. The van der Waals surface area contributed by atoms with Crippen LogP contribution in [0.15, 0.2) is 6.07 Å². The van der Waals surface area contributed by atoms with Crippen molar-refractivity contribution < 1.29 is 14.4 Å². The van der Waals surface area contributed by atoms with Crippen molar-refractivity contribution in [3.63, 3.8) is 0 Å². The number of nitrogens with zero attached hydrogens (tertiary/aromatic N) is 2. The molecule has 3 rings (SSSR count). The predicted octanol–water partition coefficient (Wildman–Crippen LogP) is 2.33. The molecule has 1 N–H and O–H groups in total. The van der Waals surface area contributed by atoms with Crippen molar-refractivity contribution in [2.75, 3.05) is 6.54 Å². The molecule has 1 aliphatic heterocycles. The molecule has 2 aliphatic rings. The minimum Gasteiger partial charge on any atom is -0.351 e. The number of rotatable bonds is 3. The molecule has 0 radical (unpaired) electrons. The van der Waals surface area contributed by atoms with Crippen molar-refractivity contribution in [1.82, 2.24) is 14.8 Å². The number of urea groups is 1. The van der Waals surface area contributed by atoms with Crippen molar-refractivity contribution in [2.45, 2.75) is 52.0 Å². The normalized spacial score (nSPS) is 27.0. The SMILES string of the molecule is Cc1cc(C(=O)CN2C(=O)N[C@@]3(CCCC[C@H]3C)C2=O)c(C)n1C. The van der Waals surface area contributed by atoms with E-state index in [-0.39, 0.29) is 24.2 Å². The summed E-state index contributed by atoms with van der Waals surface area (Å²) in [7, 11) is 1.90. The zero-order chi connectivity index (χ0) is 17.6. The lowest BCUT2D eigenvalue weighted by molar-refractivity contribution is -0.133. The van der Waals surface area contributed by atoms with Crippen LogP contribution in [0.1, 0.15) is 54.4 Å². The van der Waals surface area contributed by atoms with E-state index < -0.39 is 11.6 Å². The summed E-state index contributed by atoms with van der Waals surface area (Å²) in [5, 5.41) is 2.89. The van der Waals surface area contributed by atoms with Gasteiger partial charge in [0.1, 0.15) is 5.54 Å². The molecule has 1 aromatic rings. The molecule has 2 fully saturated rings. The third-order valence-electron chi connectivity index (χ3n) is 5.88. The first-order valence-electron chi connectivity index (χ1n) is 8.58. The highest BCUT2D eigenvalue weighted by Crippen LogP contribution is 2.38. The van der Waals surface area contributed by atoms with Gasteiger partial charge in [-0.15, -0.1) is 0 Å². The summed E-state index contributed by atoms with van der Waals surface area (Å²) in [4.78, 5) is 39.0. The molecular formula is C18H25N3O3. The van der Waals surface area contributed by atoms with Crippen molar-refractivity contribution in [3.05, 3.63) is 23.0 Å². The second-order valence-electron chi connectivity index (χ2n) is 7.21. The first-order chi connectivity index (χ1) is 11.3. The molecule has 3 amide bonds. The molecule has 6 nitrogen and oxygen atoms in total. The third-order valence-corrected chi connectivity index (χ3v) is 5.88. The van der Waals surface area contributed by atoms with Crippen LogP contribution in [0.4, 0.5) is 4.79 Å². The number of Topliss-reactive ketones (excluding diaryl/α,β-unsaturated/α-hetero) is 1. The van der Waals surface area contributed by atoms with Gasteiger partial charge in [0.05, 0.1) is 6.54 Å². The smallest absolute Gasteiger partial charge is 0.325 e. The maximum absolute atomic E-state index is 12.9. The maximum atomic E-state index is 12.9. The number of nitrogens with one attached hydrogen (secondary N) is 1. The van der Waals surface area contributed by atoms with E-state index in [0.717, 1.165) is 35.6 Å². The monoisotopic (exact) mass is 331 g/mol. The van der Waals surface area contributed by atoms with Gasteiger partial charge in [0, 0.05) is 24.0 Å². The van der Waals surface area contributed by atoms with E-state index in [4.69, 9.17) is 0 Å². The van der Waals surface area contributed by atoms with Crippen molar-refractivity contribution >= 4 is 17.7 Å². The fourth-order valence-corrected chi connectivity index (χ4v) is 4.01. The van der Waals surface area contributed by atoms with Crippen LogP contribution in [0.25, 0.3) is 0 Å². The number of imide groups is 1. The molecule has 0 unspecified atom stereocenters. The van der Waals surface area contributed by atoms with Crippen LogP contribution in [0.5, 0.6) is 0 Å². The number of carbonyl (C=O) groups excluding carboxylic acids is 3. The quantitative estimate of drug-likeness (QED) is 0.682. The van der Waals surface area contributed by atoms with Gasteiger partial charge in [-0.2, -0.15) is 0 Å². The van der Waals surface area contributed by atoms with E-state index in [2.05, 4.69) is 5.32 Å². The zero-order valence-corrected chi connectivity index (χ0v) is 14.8. The number of ketones is 1. The Kier molecular flexibility index (Phi) is 4.01. The molecule has 130 valence electrons. The van der Waals surface area contributed by atoms with Crippen LogP contribution in [0, 0.1) is 19.8 Å². The Morgan fingerprint density at radius 2 is 2.04 bits per heavy atom. The summed E-state index contributed by atoms with van der Waals surface area (Å²) in [5.41, 5.74) is 1.60. The van der Waals surface area contributed by atoms with Gasteiger partial charge >= 0.3 is 6.03 Å². The second-order valence-corrected chi connectivity index (χ2v) is 7.21. The fourth-order valence-electron chi connectivity index (χ4n) is 4.01. The molecule has 24 heavy (non-hydrogen) atoms. The Bertz CT molecular complexity index is 721. The number of hydrogen-bond acceptors (Lipinski definition) is 3. The number of hydrogen-bond donors (Lipinski definition) is 1. The van der Waals surface area contributed by atoms with Crippen molar-refractivity contribution in [3.8, 4) is 0 Å². The maximum Gasteiger partial charge on any atom is 0.325 e. The molecule has 1 aliphatic carbocycles. The summed E-state index contributed by atoms with van der Waals surface area (Å²) < 4.78 is 1.93. The van der Waals surface area contributed by atoms with Gasteiger partial charge in [-0.1, -0.05) is 19.8 Å². The Hall–Kier alpha value is -2.11. The van der Waals surface area contributed by atoms with Gasteiger partial charge in [0.2, 0.25) is 0 Å². The van der Waals surface area contributed by atoms with Crippen LogP contribution in [-0.4, -0.2) is 39.3 Å². The average molecular weight is 331 g/mol. The Morgan fingerprint density at radius 3 is 2.62 bits per heavy atom. The van der Waals surface area contributed by atoms with E-state index in [1.165, 1.54) is 0 Å². The molecule has 2 heterocycles. The van der Waals surface area contributed by atoms with E-state index in [1.54, 1.807) is 0 Å². The molecule has 1 saturated carbocycles. The fraction of sp³-hybridized carbons (Fsp3) is 0.611. The van der Waals surface area contributed by atoms with Crippen LogP contribution in [0.2, 0.25) is 0 Å². The average Bonchev–Trinajstić information content (AvgIpc) is 2.93. The van der Waals surface area contributed by atoms with Crippen LogP contribution < -0.4 is 5.32 Å². The second kappa shape index (κ2) is 5.76. The van der Waals surface area contributed by atoms with E-state index in [0.29, 0.717) is 12.0 Å². The van der Waals surface area contributed by atoms with Crippen LogP contribution in [-0.2, 0) is 11.8 Å². The van der Waals surface area contributed by atoms with Crippen molar-refractivity contribution in [1.29, 1.82) is 0 Å². The molecule has 1 saturated heterocycles. The lowest BCUT2D eigenvalue weighted by atomic mass is 9.73. The summed E-state index contributed by atoms with van der Waals surface area (Å²) >= 11 is 0. The molecule has 1 aromatic heterocycles. The minimum atomic E-state index is -0.808. The van der Waals surface area contributed by atoms with E-state index >= 15 is 0 Å². The number of amides is 3. The van der Waals surface area contributed by atoms with E-state index in [9.17, 15) is 14.4 Å². The molecule has 6 heteroatoms. The van der Waals surface area contributed by atoms with Crippen molar-refractivity contribution in [2.24, 2.45) is 13.0 Å². The minimum absolute atomic E-state index is 0.100. The van der Waals surface area contributed by atoms with Gasteiger partial charge in [0.25, 0.3) is 5.91 Å². The summed E-state index contributed by atoms with van der Waals surface area (Å²) in [6, 6.07) is 1.38. The molecule has 1 spiro atoms. The highest BCUT2D eigenvalue weighted by atomic mass is 16.2. The number of carbonyl (C=O) groups is 3. The van der Waals surface area contributed by atoms with Gasteiger partial charge in [0.15, 0.2) is 5.78 Å². The molecule has 2 atom stereocenters. The van der Waals surface area contributed by atoms with Gasteiger partial charge in [-0.3, -0.25) is 14.5 Å². The Morgan fingerprint density at radius 1 is 1.33 bits per heavy atom. The summed E-state index contributed by atoms with van der Waals surface area (Å²) in [5.74, 6) is -0.331. The first-order valence-corrected chi connectivity index (χ1v) is 8.58. The topological polar surface area (TPSA) is 71.4 Å². The standard InChI is InChI=1S/C18H25N3O3/c1-11-7-5-6-8-18(11)16(23)21(17(24)19-18)10-15(22)14-9-12(2)20(4)13(14)3/h9,11H,5-8,10H2,1-4H3,(H,19,24)/t11-,18-/m1/s1.